The van der Waals surface area contributed by atoms with Crippen molar-refractivity contribution in [2.75, 3.05) is 25.0 Å². The zero-order valence-corrected chi connectivity index (χ0v) is 13.1. The molecule has 20 heavy (non-hydrogen) atoms. The van der Waals surface area contributed by atoms with Crippen molar-refractivity contribution in [1.29, 1.82) is 0 Å². The van der Waals surface area contributed by atoms with Crippen molar-refractivity contribution in [3.8, 4) is 0 Å². The van der Waals surface area contributed by atoms with E-state index in [1.165, 1.54) is 23.2 Å². The minimum absolute atomic E-state index is 0.985. The number of nitrogens with zero attached hydrogens (tertiary/aromatic N) is 1. The summed E-state index contributed by atoms with van der Waals surface area (Å²) in [7, 11) is 0. The highest BCUT2D eigenvalue weighted by Crippen LogP contribution is 2.18. The van der Waals surface area contributed by atoms with Crippen LogP contribution in [0, 0.1) is 0 Å². The number of nitrogens with one attached hydrogen (secondary N) is 1. The van der Waals surface area contributed by atoms with E-state index < -0.39 is 0 Å². The van der Waals surface area contributed by atoms with Gasteiger partial charge in [0.25, 0.3) is 0 Å². The Balaban J connectivity index is 1.51. The Morgan fingerprint density at radius 3 is 2.75 bits per heavy atom. The van der Waals surface area contributed by atoms with Crippen LogP contribution in [0.5, 0.6) is 0 Å². The average Bonchev–Trinajstić information content (AvgIpc) is 2.47. The predicted octanol–water partition coefficient (Wildman–Crippen LogP) is 3.92. The molecule has 0 fully saturated rings. The third-order valence-corrected chi connectivity index (χ3v) is 4.28. The van der Waals surface area contributed by atoms with Gasteiger partial charge in [0, 0.05) is 36.3 Å². The summed E-state index contributed by atoms with van der Waals surface area (Å²) in [5.41, 5.74) is 4.18. The molecule has 0 radical (unpaired) electrons. The van der Waals surface area contributed by atoms with Gasteiger partial charge in [0.1, 0.15) is 0 Å². The van der Waals surface area contributed by atoms with Crippen LogP contribution in [0.1, 0.15) is 11.1 Å². The molecule has 1 aliphatic heterocycles. The third kappa shape index (κ3) is 3.41. The van der Waals surface area contributed by atoms with Gasteiger partial charge >= 0.3 is 0 Å². The lowest BCUT2D eigenvalue weighted by Crippen LogP contribution is -2.34. The summed E-state index contributed by atoms with van der Waals surface area (Å²) in [6.45, 7) is 4.31. The van der Waals surface area contributed by atoms with Gasteiger partial charge in [0.15, 0.2) is 0 Å². The zero-order chi connectivity index (χ0) is 13.8. The Hall–Kier alpha value is -1.32. The fourth-order valence-electron chi connectivity index (χ4n) is 2.70. The topological polar surface area (TPSA) is 15.3 Å². The molecular formula is C17H19BrN2. The van der Waals surface area contributed by atoms with Crippen molar-refractivity contribution in [1.82, 2.24) is 4.90 Å². The van der Waals surface area contributed by atoms with Crippen molar-refractivity contribution in [3.63, 3.8) is 0 Å². The molecule has 2 nitrogen and oxygen atoms in total. The third-order valence-electron chi connectivity index (χ3n) is 3.79. The number of hydrogen-bond acceptors (Lipinski definition) is 2. The summed E-state index contributed by atoms with van der Waals surface area (Å²) < 4.78 is 1.12. The van der Waals surface area contributed by atoms with Crippen molar-refractivity contribution in [3.05, 3.63) is 64.1 Å². The highest BCUT2D eigenvalue weighted by molar-refractivity contribution is 9.10. The van der Waals surface area contributed by atoms with Crippen LogP contribution in [0.2, 0.25) is 0 Å². The van der Waals surface area contributed by atoms with E-state index in [4.69, 9.17) is 0 Å². The number of rotatable bonds is 4. The van der Waals surface area contributed by atoms with E-state index in [1.54, 1.807) is 0 Å². The SMILES string of the molecule is Brc1cccc(NCCN2CCc3ccccc3C2)c1. The van der Waals surface area contributed by atoms with Crippen molar-refractivity contribution >= 4 is 21.6 Å². The minimum Gasteiger partial charge on any atom is -0.384 e. The van der Waals surface area contributed by atoms with Gasteiger partial charge in [0.05, 0.1) is 0 Å². The van der Waals surface area contributed by atoms with Gasteiger partial charge < -0.3 is 5.32 Å². The molecule has 0 saturated heterocycles. The molecule has 0 saturated carbocycles. The number of halogens is 1. The van der Waals surface area contributed by atoms with Gasteiger partial charge in [-0.3, -0.25) is 4.90 Å². The molecule has 0 bridgehead atoms. The Morgan fingerprint density at radius 1 is 1.05 bits per heavy atom. The monoisotopic (exact) mass is 330 g/mol. The van der Waals surface area contributed by atoms with Crippen LogP contribution in [0.3, 0.4) is 0 Å². The Bertz CT molecular complexity index is 583. The molecule has 1 N–H and O–H groups in total. The second kappa shape index (κ2) is 6.42. The molecule has 1 heterocycles. The largest absolute Gasteiger partial charge is 0.384 e. The van der Waals surface area contributed by atoms with Gasteiger partial charge in [0.2, 0.25) is 0 Å². The van der Waals surface area contributed by atoms with Crippen molar-refractivity contribution in [2.24, 2.45) is 0 Å². The standard InChI is InChI=1S/C17H19BrN2/c18-16-6-3-7-17(12-16)19-9-11-20-10-8-14-4-1-2-5-15(14)13-20/h1-7,12,19H,8-11,13H2. The summed E-state index contributed by atoms with van der Waals surface area (Å²) in [5.74, 6) is 0. The number of anilines is 1. The Morgan fingerprint density at radius 2 is 1.90 bits per heavy atom. The molecule has 0 atom stereocenters. The van der Waals surface area contributed by atoms with E-state index in [9.17, 15) is 0 Å². The molecule has 3 heteroatoms. The van der Waals surface area contributed by atoms with E-state index in [0.717, 1.165) is 30.7 Å². The maximum Gasteiger partial charge on any atom is 0.0351 e. The maximum absolute atomic E-state index is 3.50. The first kappa shape index (κ1) is 13.7. The first-order valence-corrected chi connectivity index (χ1v) is 7.89. The summed E-state index contributed by atoms with van der Waals surface area (Å²) in [6.07, 6.45) is 1.17. The molecule has 2 aromatic carbocycles. The van der Waals surface area contributed by atoms with Gasteiger partial charge in [-0.05, 0) is 35.7 Å². The maximum atomic E-state index is 3.50. The van der Waals surface area contributed by atoms with Crippen molar-refractivity contribution < 1.29 is 0 Å². The molecule has 0 unspecified atom stereocenters. The lowest BCUT2D eigenvalue weighted by molar-refractivity contribution is 0.264. The summed E-state index contributed by atoms with van der Waals surface area (Å²) in [6, 6.07) is 17.1. The van der Waals surface area contributed by atoms with E-state index in [2.05, 4.69) is 68.6 Å². The fourth-order valence-corrected chi connectivity index (χ4v) is 3.10. The van der Waals surface area contributed by atoms with Crippen LogP contribution in [0.15, 0.2) is 53.0 Å². The van der Waals surface area contributed by atoms with E-state index in [1.807, 2.05) is 6.07 Å². The van der Waals surface area contributed by atoms with Crippen LogP contribution < -0.4 is 5.32 Å². The fraction of sp³-hybridized carbons (Fsp3) is 0.294. The van der Waals surface area contributed by atoms with Gasteiger partial charge in [-0.2, -0.15) is 0 Å². The number of benzene rings is 2. The summed E-state index contributed by atoms with van der Waals surface area (Å²) in [4.78, 5) is 2.52. The minimum atomic E-state index is 0.985. The van der Waals surface area contributed by atoms with E-state index in [0.29, 0.717) is 0 Å². The van der Waals surface area contributed by atoms with Crippen LogP contribution in [-0.2, 0) is 13.0 Å². The molecule has 0 amide bonds. The zero-order valence-electron chi connectivity index (χ0n) is 11.5. The first-order chi connectivity index (χ1) is 9.81. The predicted molar refractivity (Wildman–Crippen MR) is 88.1 cm³/mol. The molecule has 1 aliphatic rings. The van der Waals surface area contributed by atoms with Gasteiger partial charge in [-0.1, -0.05) is 46.3 Å². The lowest BCUT2D eigenvalue weighted by atomic mass is 10.00. The smallest absolute Gasteiger partial charge is 0.0351 e. The molecule has 3 rings (SSSR count). The molecular weight excluding hydrogens is 312 g/mol. The first-order valence-electron chi connectivity index (χ1n) is 7.10. The Kier molecular flexibility index (Phi) is 4.38. The molecule has 2 aromatic rings. The van der Waals surface area contributed by atoms with Crippen LogP contribution in [-0.4, -0.2) is 24.5 Å². The van der Waals surface area contributed by atoms with E-state index in [-0.39, 0.29) is 0 Å². The highest BCUT2D eigenvalue weighted by Gasteiger charge is 2.14. The van der Waals surface area contributed by atoms with Crippen molar-refractivity contribution in [2.45, 2.75) is 13.0 Å². The molecule has 0 aromatic heterocycles. The Labute approximate surface area is 128 Å². The van der Waals surface area contributed by atoms with Crippen LogP contribution >= 0.6 is 15.9 Å². The lowest BCUT2D eigenvalue weighted by Gasteiger charge is -2.28. The number of hydrogen-bond donors (Lipinski definition) is 1. The van der Waals surface area contributed by atoms with Crippen LogP contribution in [0.4, 0.5) is 5.69 Å². The molecule has 104 valence electrons. The average molecular weight is 331 g/mol. The quantitative estimate of drug-likeness (QED) is 0.914. The normalized spacial score (nSPS) is 14.8. The highest BCUT2D eigenvalue weighted by atomic mass is 79.9. The molecule has 0 spiro atoms. The summed E-state index contributed by atoms with van der Waals surface area (Å²) >= 11 is 3.50. The van der Waals surface area contributed by atoms with Gasteiger partial charge in [-0.15, -0.1) is 0 Å². The molecule has 0 aliphatic carbocycles. The second-order valence-electron chi connectivity index (χ2n) is 5.23. The number of fused-ring (bicyclic) bond motifs is 1. The summed E-state index contributed by atoms with van der Waals surface area (Å²) in [5, 5.41) is 3.49. The van der Waals surface area contributed by atoms with Crippen LogP contribution in [0.25, 0.3) is 0 Å². The van der Waals surface area contributed by atoms with Gasteiger partial charge in [-0.25, -0.2) is 0 Å². The second-order valence-corrected chi connectivity index (χ2v) is 6.15. The van der Waals surface area contributed by atoms with E-state index >= 15 is 0 Å².